The fourth-order valence-electron chi connectivity index (χ4n) is 4.51. The zero-order chi connectivity index (χ0) is 28.2. The maximum Gasteiger partial charge on any atom is 3.00 e. The number of pyridine rings is 1. The molecule has 2 aromatic rings. The van der Waals surface area contributed by atoms with Gasteiger partial charge in [-0.05, 0) is 42.7 Å². The number of aryl methyl sites for hydroxylation is 1. The second kappa shape index (κ2) is 17.5. The number of fused-ring (bicyclic) bond motifs is 2. The van der Waals surface area contributed by atoms with Gasteiger partial charge < -0.3 is 29.7 Å². The minimum atomic E-state index is -1.28. The van der Waals surface area contributed by atoms with E-state index >= 15 is 0 Å². The van der Waals surface area contributed by atoms with E-state index < -0.39 is 23.9 Å². The average Bonchev–Trinajstić information content (AvgIpc) is 2.88. The maximum atomic E-state index is 12.3. The van der Waals surface area contributed by atoms with E-state index in [1.54, 1.807) is 32.9 Å². The van der Waals surface area contributed by atoms with Gasteiger partial charge in [0.25, 0.3) is 0 Å². The molecular formula is C27H30N5O6STm. The number of carbonyl (C=O) groups is 3. The molecule has 0 spiro atoms. The zero-order valence-electron chi connectivity index (χ0n) is 21.7. The number of carbonyl (C=O) groups excluding carboxylic acids is 3. The Balaban J connectivity index is 0.00000560. The largest absolute Gasteiger partial charge is 3.00 e. The van der Waals surface area contributed by atoms with Crippen molar-refractivity contribution in [2.45, 2.75) is 32.0 Å². The van der Waals surface area contributed by atoms with Gasteiger partial charge in [0.2, 0.25) is 0 Å². The molecule has 1 aliphatic heterocycles. The van der Waals surface area contributed by atoms with E-state index in [1.165, 1.54) is 11.6 Å². The molecule has 1 aromatic carbocycles. The molecule has 0 saturated heterocycles. The third-order valence-corrected chi connectivity index (χ3v) is 6.52. The molecule has 13 heteroatoms. The summed E-state index contributed by atoms with van der Waals surface area (Å²) in [7, 11) is 0. The predicted octanol–water partition coefficient (Wildman–Crippen LogP) is -2.05. The summed E-state index contributed by atoms with van der Waals surface area (Å²) in [5, 5.41) is 36.4. The van der Waals surface area contributed by atoms with Gasteiger partial charge in [-0.3, -0.25) is 24.7 Å². The molecule has 218 valence electrons. The Labute approximate surface area is 267 Å². The number of rotatable bonds is 11. The van der Waals surface area contributed by atoms with E-state index in [9.17, 15) is 29.7 Å². The standard InChI is InChI=1S/C27H33N5O6S.Tm/c33-25(34)18-30-11-12-31(19-26(35)36)16-22-2-1-3-23(29-22)17-32(14-13-30)24(27(37)38)9-6-20-4-7-21(8-5-20)28-10-15-39;/h1-5,7-8,10,15,24H,6,9,11-14,16-19H2,(H,33,34)(H,35,36)(H,37,38);/q;+3/p-3. The SMILES string of the molecule is O=C([O-])CN1CCN(CC(=O)[O-])Cc2cccc(n2)CN(C(CCc2ccc(N=CC=S)cc2)C(=O)[O-])CC1.[Tm+3]. The molecule has 0 radical (unpaired) electrons. The molecule has 2 bridgehead atoms. The van der Waals surface area contributed by atoms with Crippen molar-refractivity contribution in [2.24, 2.45) is 4.99 Å². The summed E-state index contributed by atoms with van der Waals surface area (Å²) in [5.41, 5.74) is 2.89. The quantitative estimate of drug-likeness (QED) is 0.186. The van der Waals surface area contributed by atoms with Gasteiger partial charge in [0.15, 0.2) is 0 Å². The molecule has 1 unspecified atom stereocenters. The van der Waals surface area contributed by atoms with Crippen LogP contribution in [0.4, 0.5) is 5.69 Å². The van der Waals surface area contributed by atoms with E-state index in [1.807, 2.05) is 24.3 Å². The van der Waals surface area contributed by atoms with Crippen LogP contribution in [0.15, 0.2) is 47.5 Å². The van der Waals surface area contributed by atoms with Gasteiger partial charge in [-0.25, -0.2) is 0 Å². The number of aromatic nitrogens is 1. The fourth-order valence-corrected chi connectivity index (χ4v) is 4.57. The van der Waals surface area contributed by atoms with Crippen molar-refractivity contribution in [2.75, 3.05) is 39.3 Å². The summed E-state index contributed by atoms with van der Waals surface area (Å²) >= 11 is 4.74. The Hall–Kier alpha value is -2.35. The maximum absolute atomic E-state index is 12.3. The number of thiocarbonyl (C=S) groups is 1. The first-order valence-electron chi connectivity index (χ1n) is 12.5. The Bertz CT molecular complexity index is 1180. The molecule has 3 rings (SSSR count). The van der Waals surface area contributed by atoms with Gasteiger partial charge in [-0.2, -0.15) is 0 Å². The smallest absolute Gasteiger partial charge is 0.549 e. The summed E-state index contributed by atoms with van der Waals surface area (Å²) in [4.78, 5) is 48.7. The first-order valence-corrected chi connectivity index (χ1v) is 13.0. The molecule has 0 amide bonds. The number of aliphatic carboxylic acids is 3. The average molecular weight is 722 g/mol. The summed E-state index contributed by atoms with van der Waals surface area (Å²) in [6.45, 7) is 0.651. The third-order valence-electron chi connectivity index (χ3n) is 6.40. The minimum Gasteiger partial charge on any atom is -0.549 e. The summed E-state index contributed by atoms with van der Waals surface area (Å²) in [6, 6.07) is 11.8. The van der Waals surface area contributed by atoms with Gasteiger partial charge in [-0.1, -0.05) is 30.4 Å². The van der Waals surface area contributed by atoms with Crippen molar-refractivity contribution in [1.82, 2.24) is 19.7 Å². The number of hydrogen-bond donors (Lipinski definition) is 0. The summed E-state index contributed by atoms with van der Waals surface area (Å²) in [5.74, 6) is -3.75. The number of aliphatic imine (C=N–C) groups is 1. The Morgan fingerprint density at radius 1 is 0.900 bits per heavy atom. The van der Waals surface area contributed by atoms with E-state index in [-0.39, 0.29) is 95.7 Å². The fraction of sp³-hybridized carbons (Fsp3) is 0.407. The second-order valence-corrected chi connectivity index (χ2v) is 9.55. The Morgan fingerprint density at radius 3 is 2.12 bits per heavy atom. The van der Waals surface area contributed by atoms with Crippen molar-refractivity contribution in [3.05, 3.63) is 59.4 Å². The molecule has 2 heterocycles. The van der Waals surface area contributed by atoms with Gasteiger partial charge in [0.1, 0.15) is 0 Å². The van der Waals surface area contributed by atoms with Crippen molar-refractivity contribution in [3.8, 4) is 0 Å². The second-order valence-electron chi connectivity index (χ2n) is 9.28. The van der Waals surface area contributed by atoms with Crippen LogP contribution in [0, 0.1) is 36.9 Å². The van der Waals surface area contributed by atoms with Crippen molar-refractivity contribution >= 4 is 47.4 Å². The molecule has 1 atom stereocenters. The van der Waals surface area contributed by atoms with E-state index in [4.69, 9.17) is 12.2 Å². The Kier molecular flexibility index (Phi) is 14.8. The first kappa shape index (κ1) is 33.9. The van der Waals surface area contributed by atoms with Crippen molar-refractivity contribution < 1.29 is 66.6 Å². The molecular weight excluding hydrogens is 691 g/mol. The van der Waals surface area contributed by atoms with E-state index in [0.717, 1.165) is 11.3 Å². The molecule has 0 saturated carbocycles. The van der Waals surface area contributed by atoms with Crippen molar-refractivity contribution in [3.63, 3.8) is 0 Å². The zero-order valence-corrected chi connectivity index (χ0v) is 24.3. The molecule has 11 nitrogen and oxygen atoms in total. The number of benzene rings is 1. The van der Waals surface area contributed by atoms with Crippen molar-refractivity contribution in [1.29, 1.82) is 0 Å². The van der Waals surface area contributed by atoms with Crippen LogP contribution >= 0.6 is 12.2 Å². The van der Waals surface area contributed by atoms with Crippen LogP contribution in [0.1, 0.15) is 23.4 Å². The van der Waals surface area contributed by atoms with Crippen LogP contribution < -0.4 is 15.3 Å². The third kappa shape index (κ3) is 11.6. The molecule has 0 N–H and O–H groups in total. The normalized spacial score (nSPS) is 16.3. The van der Waals surface area contributed by atoms with Crippen LogP contribution in [0.25, 0.3) is 0 Å². The molecule has 1 aromatic heterocycles. The van der Waals surface area contributed by atoms with Crippen LogP contribution in [-0.2, 0) is 33.9 Å². The molecule has 0 fully saturated rings. The van der Waals surface area contributed by atoms with Gasteiger partial charge in [0.05, 0.1) is 41.0 Å². The topological polar surface area (TPSA) is 155 Å². The molecule has 1 aliphatic rings. The first-order chi connectivity index (χ1) is 18.7. The van der Waals surface area contributed by atoms with Gasteiger partial charge >= 0.3 is 36.9 Å². The van der Waals surface area contributed by atoms with Crippen LogP contribution in [-0.4, -0.2) is 94.5 Å². The Morgan fingerprint density at radius 2 is 1.50 bits per heavy atom. The molecule has 0 aliphatic carbocycles. The number of hydrogen-bond acceptors (Lipinski definition) is 12. The summed E-state index contributed by atoms with van der Waals surface area (Å²) < 4.78 is 0. The van der Waals surface area contributed by atoms with Crippen LogP contribution in [0.5, 0.6) is 0 Å². The number of nitrogens with zero attached hydrogens (tertiary/aromatic N) is 5. The summed E-state index contributed by atoms with van der Waals surface area (Å²) in [6.07, 6.45) is 2.26. The van der Waals surface area contributed by atoms with Crippen LogP contribution in [0.2, 0.25) is 0 Å². The van der Waals surface area contributed by atoms with Crippen LogP contribution in [0.3, 0.4) is 0 Å². The number of carboxylic acid groups (broad SMARTS) is 3. The van der Waals surface area contributed by atoms with E-state index in [2.05, 4.69) is 9.98 Å². The predicted molar refractivity (Wildman–Crippen MR) is 142 cm³/mol. The molecule has 40 heavy (non-hydrogen) atoms. The van der Waals surface area contributed by atoms with E-state index in [0.29, 0.717) is 17.8 Å². The van der Waals surface area contributed by atoms with Gasteiger partial charge in [-0.15, -0.1) is 0 Å². The van der Waals surface area contributed by atoms with Gasteiger partial charge in [0, 0.05) is 63.9 Å². The minimum absolute atomic E-state index is 0. The monoisotopic (exact) mass is 721 g/mol. The number of carboxylic acids is 3.